The van der Waals surface area contributed by atoms with E-state index >= 15 is 0 Å². The molecule has 1 aliphatic heterocycles. The lowest BCUT2D eigenvalue weighted by atomic mass is 9.81. The van der Waals surface area contributed by atoms with Crippen molar-refractivity contribution in [3.05, 3.63) is 0 Å². The lowest BCUT2D eigenvalue weighted by Crippen LogP contribution is -2.54. The van der Waals surface area contributed by atoms with Crippen molar-refractivity contribution in [2.75, 3.05) is 19.8 Å². The fraction of sp³-hybridized carbons (Fsp3) is 1.00. The molecule has 1 heterocycles. The maximum Gasteiger partial charge on any atom is 0.0620 e. The fourth-order valence-corrected chi connectivity index (χ4v) is 2.66. The van der Waals surface area contributed by atoms with Crippen LogP contribution in [0.25, 0.3) is 0 Å². The Balaban J connectivity index is 1.89. The van der Waals surface area contributed by atoms with Crippen molar-refractivity contribution in [3.63, 3.8) is 0 Å². The van der Waals surface area contributed by atoms with Gasteiger partial charge in [-0.1, -0.05) is 19.3 Å². The summed E-state index contributed by atoms with van der Waals surface area (Å²) in [5, 5.41) is 13.1. The van der Waals surface area contributed by atoms with Crippen molar-refractivity contribution < 1.29 is 9.84 Å². The molecule has 3 heteroatoms. The van der Waals surface area contributed by atoms with Gasteiger partial charge in [-0.25, -0.2) is 0 Å². The quantitative estimate of drug-likeness (QED) is 0.714. The van der Waals surface area contributed by atoms with Gasteiger partial charge in [0.1, 0.15) is 0 Å². The van der Waals surface area contributed by atoms with Crippen molar-refractivity contribution >= 4 is 0 Å². The molecule has 2 rings (SSSR count). The molecule has 0 aromatic rings. The third-order valence-corrected chi connectivity index (χ3v) is 3.55. The van der Waals surface area contributed by atoms with E-state index in [0.29, 0.717) is 6.04 Å². The maximum absolute atomic E-state index is 9.50. The highest BCUT2D eigenvalue weighted by molar-refractivity contribution is 4.93. The Bertz CT molecular complexity index is 172. The smallest absolute Gasteiger partial charge is 0.0620 e. The van der Waals surface area contributed by atoms with E-state index in [1.807, 2.05) is 0 Å². The molecular weight excluding hydrogens is 178 g/mol. The molecule has 3 nitrogen and oxygen atoms in total. The first-order valence-electron chi connectivity index (χ1n) is 5.81. The highest BCUT2D eigenvalue weighted by Crippen LogP contribution is 2.28. The van der Waals surface area contributed by atoms with Crippen LogP contribution in [-0.4, -0.2) is 36.5 Å². The molecule has 1 atom stereocenters. The van der Waals surface area contributed by atoms with Gasteiger partial charge >= 0.3 is 0 Å². The van der Waals surface area contributed by atoms with E-state index < -0.39 is 0 Å². The van der Waals surface area contributed by atoms with E-state index in [9.17, 15) is 5.11 Å². The number of hydrogen-bond acceptors (Lipinski definition) is 3. The lowest BCUT2D eigenvalue weighted by Gasteiger charge is -2.38. The first kappa shape index (κ1) is 10.4. The van der Waals surface area contributed by atoms with Crippen molar-refractivity contribution in [2.24, 2.45) is 0 Å². The minimum atomic E-state index is 0.0105. The van der Waals surface area contributed by atoms with Crippen molar-refractivity contribution in [1.29, 1.82) is 0 Å². The summed E-state index contributed by atoms with van der Waals surface area (Å²) in [6, 6.07) is 0.472. The number of aliphatic hydroxyl groups is 1. The van der Waals surface area contributed by atoms with Crippen molar-refractivity contribution in [2.45, 2.75) is 50.1 Å². The third-order valence-electron chi connectivity index (χ3n) is 3.55. The zero-order chi connectivity index (χ0) is 9.86. The maximum atomic E-state index is 9.50. The molecule has 1 unspecified atom stereocenters. The van der Waals surface area contributed by atoms with Crippen LogP contribution in [0.15, 0.2) is 0 Å². The van der Waals surface area contributed by atoms with Crippen LogP contribution in [0.5, 0.6) is 0 Å². The topological polar surface area (TPSA) is 41.5 Å². The van der Waals surface area contributed by atoms with Crippen LogP contribution in [0.3, 0.4) is 0 Å². The zero-order valence-electron chi connectivity index (χ0n) is 8.80. The molecule has 2 fully saturated rings. The zero-order valence-corrected chi connectivity index (χ0v) is 8.80. The summed E-state index contributed by atoms with van der Waals surface area (Å²) < 4.78 is 5.34. The van der Waals surface area contributed by atoms with Gasteiger partial charge in [-0.3, -0.25) is 0 Å². The van der Waals surface area contributed by atoms with Gasteiger partial charge in [0.25, 0.3) is 0 Å². The normalized spacial score (nSPS) is 31.9. The highest BCUT2D eigenvalue weighted by Gasteiger charge is 2.34. The predicted octanol–water partition coefficient (Wildman–Crippen LogP) is 1.06. The SMILES string of the molecule is OCC1(NC2CCOC2)CCCCC1. The van der Waals surface area contributed by atoms with Gasteiger partial charge < -0.3 is 15.2 Å². The monoisotopic (exact) mass is 199 g/mol. The molecule has 0 aromatic heterocycles. The van der Waals surface area contributed by atoms with Gasteiger partial charge in [-0.15, -0.1) is 0 Å². The van der Waals surface area contributed by atoms with E-state index in [0.717, 1.165) is 32.5 Å². The molecule has 0 aromatic carbocycles. The first-order chi connectivity index (χ1) is 6.85. The fourth-order valence-electron chi connectivity index (χ4n) is 2.66. The number of hydrogen-bond donors (Lipinski definition) is 2. The Labute approximate surface area is 85.8 Å². The molecule has 0 spiro atoms. The Hall–Kier alpha value is -0.120. The van der Waals surface area contributed by atoms with Gasteiger partial charge in [0.05, 0.1) is 13.2 Å². The largest absolute Gasteiger partial charge is 0.394 e. The molecule has 82 valence electrons. The molecule has 14 heavy (non-hydrogen) atoms. The van der Waals surface area contributed by atoms with Crippen molar-refractivity contribution in [3.8, 4) is 0 Å². The molecule has 2 N–H and O–H groups in total. The summed E-state index contributed by atoms with van der Waals surface area (Å²) in [7, 11) is 0. The van der Waals surface area contributed by atoms with Crippen LogP contribution in [0.1, 0.15) is 38.5 Å². The second-order valence-corrected chi connectivity index (χ2v) is 4.70. The number of nitrogens with one attached hydrogen (secondary N) is 1. The van der Waals surface area contributed by atoms with E-state index in [-0.39, 0.29) is 12.1 Å². The summed E-state index contributed by atoms with van der Waals surface area (Å²) in [6.45, 7) is 1.98. The summed E-state index contributed by atoms with van der Waals surface area (Å²) in [5.41, 5.74) is 0.0105. The van der Waals surface area contributed by atoms with Crippen molar-refractivity contribution in [1.82, 2.24) is 5.32 Å². The molecule has 0 amide bonds. The Morgan fingerprint density at radius 3 is 2.64 bits per heavy atom. The number of rotatable bonds is 3. The van der Waals surface area contributed by atoms with Crippen LogP contribution in [0.2, 0.25) is 0 Å². The lowest BCUT2D eigenvalue weighted by molar-refractivity contribution is 0.103. The number of aliphatic hydroxyl groups excluding tert-OH is 1. The average molecular weight is 199 g/mol. The minimum absolute atomic E-state index is 0.0105. The number of ether oxygens (including phenoxy) is 1. The van der Waals surface area contributed by atoms with Gasteiger partial charge in [0.2, 0.25) is 0 Å². The van der Waals surface area contributed by atoms with Crippen LogP contribution in [0.4, 0.5) is 0 Å². The molecule has 0 bridgehead atoms. The van der Waals surface area contributed by atoms with E-state index in [2.05, 4.69) is 5.32 Å². The Morgan fingerprint density at radius 2 is 2.07 bits per heavy atom. The predicted molar refractivity (Wildman–Crippen MR) is 55.3 cm³/mol. The minimum Gasteiger partial charge on any atom is -0.394 e. The van der Waals surface area contributed by atoms with Gasteiger partial charge in [0, 0.05) is 18.2 Å². The third kappa shape index (κ3) is 2.27. The van der Waals surface area contributed by atoms with E-state index in [4.69, 9.17) is 4.74 Å². The van der Waals surface area contributed by atoms with Crippen LogP contribution < -0.4 is 5.32 Å². The second kappa shape index (κ2) is 4.60. The highest BCUT2D eigenvalue weighted by atomic mass is 16.5. The van der Waals surface area contributed by atoms with Crippen LogP contribution >= 0.6 is 0 Å². The van der Waals surface area contributed by atoms with E-state index in [1.54, 1.807) is 0 Å². The van der Waals surface area contributed by atoms with Crippen LogP contribution in [0, 0.1) is 0 Å². The molecule has 1 saturated heterocycles. The molecular formula is C11H21NO2. The summed E-state index contributed by atoms with van der Waals surface area (Å²) in [5.74, 6) is 0. The standard InChI is InChI=1S/C11H21NO2/c13-9-11(5-2-1-3-6-11)12-10-4-7-14-8-10/h10,12-13H,1-9H2. The van der Waals surface area contributed by atoms with Gasteiger partial charge in [-0.05, 0) is 19.3 Å². The summed E-state index contributed by atoms with van der Waals surface area (Å²) >= 11 is 0. The molecule has 1 saturated carbocycles. The summed E-state index contributed by atoms with van der Waals surface area (Å²) in [4.78, 5) is 0. The Kier molecular flexibility index (Phi) is 3.42. The average Bonchev–Trinajstić information content (AvgIpc) is 2.72. The van der Waals surface area contributed by atoms with Gasteiger partial charge in [0.15, 0.2) is 0 Å². The molecule has 1 aliphatic carbocycles. The van der Waals surface area contributed by atoms with E-state index in [1.165, 1.54) is 19.3 Å². The van der Waals surface area contributed by atoms with Gasteiger partial charge in [-0.2, -0.15) is 0 Å². The molecule has 0 radical (unpaired) electrons. The second-order valence-electron chi connectivity index (χ2n) is 4.70. The summed E-state index contributed by atoms with van der Waals surface area (Å²) in [6.07, 6.45) is 7.18. The Morgan fingerprint density at radius 1 is 1.29 bits per heavy atom. The first-order valence-corrected chi connectivity index (χ1v) is 5.81. The molecule has 2 aliphatic rings. The van der Waals surface area contributed by atoms with Crippen LogP contribution in [-0.2, 0) is 4.74 Å².